The fourth-order valence-corrected chi connectivity index (χ4v) is 2.40. The Bertz CT molecular complexity index is 750. The molecule has 1 amide bonds. The summed E-state index contributed by atoms with van der Waals surface area (Å²) in [4.78, 5) is 17.0. The molecule has 0 bridgehead atoms. The van der Waals surface area contributed by atoms with E-state index in [4.69, 9.17) is 5.73 Å². The standard InChI is InChI=1S/C14H13N5OS/c15-11-3-1-2-4-13(11)19-6-5-12(18-19)14(20)17-8-10-7-16-9-21-10/h1-7,9H,8,15H2,(H,17,20). The molecule has 3 N–H and O–H groups in total. The van der Waals surface area contributed by atoms with E-state index in [9.17, 15) is 4.79 Å². The van der Waals surface area contributed by atoms with Crippen molar-refractivity contribution >= 4 is 22.9 Å². The summed E-state index contributed by atoms with van der Waals surface area (Å²) >= 11 is 1.50. The first-order chi connectivity index (χ1) is 10.2. The first kappa shape index (κ1) is 13.3. The highest BCUT2D eigenvalue weighted by Crippen LogP contribution is 2.15. The summed E-state index contributed by atoms with van der Waals surface area (Å²) in [5.74, 6) is -0.225. The zero-order valence-electron chi connectivity index (χ0n) is 11.1. The third-order valence-electron chi connectivity index (χ3n) is 2.91. The topological polar surface area (TPSA) is 85.8 Å². The van der Waals surface area contributed by atoms with Gasteiger partial charge in [-0.15, -0.1) is 11.3 Å². The number of para-hydroxylation sites is 2. The Hall–Kier alpha value is -2.67. The molecule has 0 fully saturated rings. The number of amides is 1. The van der Waals surface area contributed by atoms with Crippen molar-refractivity contribution in [1.29, 1.82) is 0 Å². The fourth-order valence-electron chi connectivity index (χ4n) is 1.86. The van der Waals surface area contributed by atoms with E-state index in [1.165, 1.54) is 11.3 Å². The van der Waals surface area contributed by atoms with Gasteiger partial charge < -0.3 is 11.1 Å². The van der Waals surface area contributed by atoms with Gasteiger partial charge in [-0.1, -0.05) is 12.1 Å². The number of nitrogen functional groups attached to an aromatic ring is 1. The molecule has 7 heteroatoms. The van der Waals surface area contributed by atoms with Crippen molar-refractivity contribution in [3.05, 3.63) is 58.8 Å². The van der Waals surface area contributed by atoms with Gasteiger partial charge in [0, 0.05) is 17.3 Å². The minimum Gasteiger partial charge on any atom is -0.397 e. The lowest BCUT2D eigenvalue weighted by molar-refractivity contribution is 0.0946. The molecule has 0 unspecified atom stereocenters. The fraction of sp³-hybridized carbons (Fsp3) is 0.0714. The number of hydrogen-bond acceptors (Lipinski definition) is 5. The van der Waals surface area contributed by atoms with Crippen LogP contribution in [0.3, 0.4) is 0 Å². The number of nitrogens with zero attached hydrogens (tertiary/aromatic N) is 3. The Kier molecular flexibility index (Phi) is 3.65. The largest absolute Gasteiger partial charge is 0.397 e. The molecule has 1 aromatic carbocycles. The summed E-state index contributed by atoms with van der Waals surface area (Å²) in [7, 11) is 0. The monoisotopic (exact) mass is 299 g/mol. The number of hydrogen-bond donors (Lipinski definition) is 2. The zero-order chi connectivity index (χ0) is 14.7. The molecule has 0 saturated heterocycles. The quantitative estimate of drug-likeness (QED) is 0.720. The highest BCUT2D eigenvalue weighted by atomic mass is 32.1. The molecule has 106 valence electrons. The Balaban J connectivity index is 1.73. The average molecular weight is 299 g/mol. The Morgan fingerprint density at radius 2 is 2.19 bits per heavy atom. The zero-order valence-corrected chi connectivity index (χ0v) is 11.9. The minimum absolute atomic E-state index is 0.225. The van der Waals surface area contributed by atoms with Crippen LogP contribution in [0.1, 0.15) is 15.4 Å². The molecule has 6 nitrogen and oxygen atoms in total. The maximum atomic E-state index is 12.0. The number of nitrogens with one attached hydrogen (secondary N) is 1. The molecule has 0 aliphatic heterocycles. The van der Waals surface area contributed by atoms with Crippen LogP contribution >= 0.6 is 11.3 Å². The minimum atomic E-state index is -0.225. The molecule has 0 spiro atoms. The molecule has 0 saturated carbocycles. The number of aromatic nitrogens is 3. The predicted molar refractivity (Wildman–Crippen MR) is 81.3 cm³/mol. The SMILES string of the molecule is Nc1ccccc1-n1ccc(C(=O)NCc2cncs2)n1. The molecule has 0 aliphatic rings. The number of rotatable bonds is 4. The Morgan fingerprint density at radius 1 is 1.33 bits per heavy atom. The number of carbonyl (C=O) groups is 1. The first-order valence-electron chi connectivity index (χ1n) is 6.30. The van der Waals surface area contributed by atoms with Crippen LogP contribution in [-0.4, -0.2) is 20.7 Å². The highest BCUT2D eigenvalue weighted by molar-refractivity contribution is 7.09. The summed E-state index contributed by atoms with van der Waals surface area (Å²) in [6, 6.07) is 9.03. The van der Waals surface area contributed by atoms with Gasteiger partial charge in [-0.3, -0.25) is 9.78 Å². The number of carbonyl (C=O) groups excluding carboxylic acids is 1. The molecule has 0 radical (unpaired) electrons. The summed E-state index contributed by atoms with van der Waals surface area (Å²) in [6.07, 6.45) is 3.45. The summed E-state index contributed by atoms with van der Waals surface area (Å²) in [5, 5.41) is 7.06. The van der Waals surface area contributed by atoms with Crippen molar-refractivity contribution in [2.75, 3.05) is 5.73 Å². The maximum Gasteiger partial charge on any atom is 0.272 e. The van der Waals surface area contributed by atoms with E-state index >= 15 is 0 Å². The van der Waals surface area contributed by atoms with E-state index in [0.29, 0.717) is 17.9 Å². The highest BCUT2D eigenvalue weighted by Gasteiger charge is 2.11. The average Bonchev–Trinajstić information content (AvgIpc) is 3.17. The second kappa shape index (κ2) is 5.76. The van der Waals surface area contributed by atoms with Crippen molar-refractivity contribution < 1.29 is 4.79 Å². The molecular weight excluding hydrogens is 286 g/mol. The van der Waals surface area contributed by atoms with Crippen molar-refractivity contribution in [1.82, 2.24) is 20.1 Å². The van der Waals surface area contributed by atoms with Crippen LogP contribution in [0, 0.1) is 0 Å². The molecule has 2 aromatic heterocycles. The van der Waals surface area contributed by atoms with E-state index < -0.39 is 0 Å². The lowest BCUT2D eigenvalue weighted by atomic mass is 10.3. The van der Waals surface area contributed by atoms with Gasteiger partial charge in [0.05, 0.1) is 23.4 Å². The van der Waals surface area contributed by atoms with Crippen molar-refractivity contribution in [3.63, 3.8) is 0 Å². The van der Waals surface area contributed by atoms with Crippen LogP contribution in [0.15, 0.2) is 48.2 Å². The van der Waals surface area contributed by atoms with Gasteiger partial charge in [0.2, 0.25) is 0 Å². The molecule has 2 heterocycles. The predicted octanol–water partition coefficient (Wildman–Crippen LogP) is 1.84. The van der Waals surface area contributed by atoms with Crippen molar-refractivity contribution in [2.45, 2.75) is 6.54 Å². The normalized spacial score (nSPS) is 10.5. The van der Waals surface area contributed by atoms with E-state index in [-0.39, 0.29) is 5.91 Å². The number of anilines is 1. The molecule has 21 heavy (non-hydrogen) atoms. The first-order valence-corrected chi connectivity index (χ1v) is 7.18. The van der Waals surface area contributed by atoms with Crippen molar-refractivity contribution in [2.24, 2.45) is 0 Å². The van der Waals surface area contributed by atoms with Gasteiger partial charge >= 0.3 is 0 Å². The molecule has 0 aliphatic carbocycles. The Morgan fingerprint density at radius 3 is 2.95 bits per heavy atom. The van der Waals surface area contributed by atoms with Gasteiger partial charge in [0.15, 0.2) is 5.69 Å². The van der Waals surface area contributed by atoms with Gasteiger partial charge in [-0.05, 0) is 18.2 Å². The third-order valence-corrected chi connectivity index (χ3v) is 3.69. The lowest BCUT2D eigenvalue weighted by Gasteiger charge is -2.04. The van der Waals surface area contributed by atoms with Crippen LogP contribution in [0.25, 0.3) is 5.69 Å². The van der Waals surface area contributed by atoms with E-state index in [0.717, 1.165) is 10.6 Å². The van der Waals surface area contributed by atoms with Gasteiger partial charge in [-0.2, -0.15) is 5.10 Å². The molecule has 3 aromatic rings. The van der Waals surface area contributed by atoms with E-state index in [2.05, 4.69) is 15.4 Å². The van der Waals surface area contributed by atoms with Gasteiger partial charge in [-0.25, -0.2) is 4.68 Å². The van der Waals surface area contributed by atoms with E-state index in [1.807, 2.05) is 18.2 Å². The van der Waals surface area contributed by atoms with Crippen LogP contribution in [0.5, 0.6) is 0 Å². The number of nitrogens with two attached hydrogens (primary N) is 1. The third kappa shape index (κ3) is 2.92. The molecular formula is C14H13N5OS. The maximum absolute atomic E-state index is 12.0. The van der Waals surface area contributed by atoms with Crippen LogP contribution in [0.4, 0.5) is 5.69 Å². The Labute approximate surface area is 125 Å². The number of benzene rings is 1. The lowest BCUT2D eigenvalue weighted by Crippen LogP contribution is -2.23. The second-order valence-corrected chi connectivity index (χ2v) is 5.33. The summed E-state index contributed by atoms with van der Waals surface area (Å²) in [6.45, 7) is 0.448. The summed E-state index contributed by atoms with van der Waals surface area (Å²) < 4.78 is 1.59. The molecule has 0 atom stereocenters. The van der Waals surface area contributed by atoms with Crippen LogP contribution in [-0.2, 0) is 6.54 Å². The van der Waals surface area contributed by atoms with Crippen LogP contribution < -0.4 is 11.1 Å². The van der Waals surface area contributed by atoms with Gasteiger partial charge in [0.25, 0.3) is 5.91 Å². The van der Waals surface area contributed by atoms with E-state index in [1.54, 1.807) is 34.7 Å². The second-order valence-electron chi connectivity index (χ2n) is 4.35. The number of thiazole rings is 1. The van der Waals surface area contributed by atoms with Crippen molar-refractivity contribution in [3.8, 4) is 5.69 Å². The molecule has 3 rings (SSSR count). The summed E-state index contributed by atoms with van der Waals surface area (Å²) in [5.41, 5.74) is 9.33. The van der Waals surface area contributed by atoms with Gasteiger partial charge in [0.1, 0.15) is 0 Å². The van der Waals surface area contributed by atoms with Crippen LogP contribution in [0.2, 0.25) is 0 Å². The smallest absolute Gasteiger partial charge is 0.272 e.